The summed E-state index contributed by atoms with van der Waals surface area (Å²) in [6, 6.07) is 6.86. The van der Waals surface area contributed by atoms with E-state index in [1.54, 1.807) is 36.0 Å². The molecular weight excluding hydrogens is 284 g/mol. The number of amides is 1. The molecule has 8 heteroatoms. The molecule has 1 aromatic heterocycles. The van der Waals surface area contributed by atoms with Crippen molar-refractivity contribution in [3.63, 3.8) is 0 Å². The van der Waals surface area contributed by atoms with E-state index in [4.69, 9.17) is 10.6 Å². The molecule has 0 atom stereocenters. The summed E-state index contributed by atoms with van der Waals surface area (Å²) in [5.41, 5.74) is 2.55. The number of nitrogen functional groups attached to an aromatic ring is 1. The predicted molar refractivity (Wildman–Crippen MR) is 74.2 cm³/mol. The van der Waals surface area contributed by atoms with Gasteiger partial charge in [-0.25, -0.2) is 10.8 Å². The van der Waals surface area contributed by atoms with Crippen LogP contribution in [-0.2, 0) is 0 Å². The molecule has 100 valence electrons. The number of hydrazine groups is 1. The van der Waals surface area contributed by atoms with E-state index in [1.165, 1.54) is 17.9 Å². The molecule has 0 bridgehead atoms. The third-order valence-corrected chi connectivity index (χ3v) is 3.91. The second-order valence-corrected chi connectivity index (χ2v) is 5.53. The average molecular weight is 296 g/mol. The number of nitrogens with two attached hydrogens (primary N) is 1. The van der Waals surface area contributed by atoms with Crippen LogP contribution in [0.5, 0.6) is 5.75 Å². The first kappa shape index (κ1) is 13.8. The molecule has 0 aliphatic heterocycles. The van der Waals surface area contributed by atoms with E-state index in [-0.39, 0.29) is 5.91 Å². The van der Waals surface area contributed by atoms with Crippen LogP contribution in [0, 0.1) is 0 Å². The van der Waals surface area contributed by atoms with E-state index < -0.39 is 0 Å². The van der Waals surface area contributed by atoms with Crippen molar-refractivity contribution < 1.29 is 9.53 Å². The van der Waals surface area contributed by atoms with Crippen molar-refractivity contribution in [2.45, 2.75) is 4.34 Å². The minimum Gasteiger partial charge on any atom is -0.493 e. The fourth-order valence-corrected chi connectivity index (χ4v) is 2.66. The molecule has 0 aliphatic rings. The fraction of sp³-hybridized carbons (Fsp3) is 0.182. The van der Waals surface area contributed by atoms with Gasteiger partial charge in [-0.2, -0.15) is 4.37 Å². The van der Waals surface area contributed by atoms with Crippen LogP contribution in [0.2, 0.25) is 0 Å². The third kappa shape index (κ3) is 4.19. The number of carbonyl (C=O) groups excluding carboxylic acids is 1. The quantitative estimate of drug-likeness (QED) is 0.275. The number of hydrogen-bond donors (Lipinski definition) is 2. The van der Waals surface area contributed by atoms with Crippen LogP contribution in [0.25, 0.3) is 0 Å². The molecule has 2 aromatic rings. The monoisotopic (exact) mass is 296 g/mol. The summed E-state index contributed by atoms with van der Waals surface area (Å²) in [5.74, 6) is 6.14. The minimum atomic E-state index is -0.339. The molecule has 6 nitrogen and oxygen atoms in total. The Bertz CT molecular complexity index is 533. The summed E-state index contributed by atoms with van der Waals surface area (Å²) < 4.78 is 10.4. The van der Waals surface area contributed by atoms with E-state index in [2.05, 4.69) is 14.8 Å². The standard InChI is InChI=1S/C11H12N4O2S2/c12-15-10(16)8-2-1-3-9(6-8)17-4-5-18-11-13-7-14-19-11/h1-3,6-7H,4-5,12H2,(H,15,16). The normalized spacial score (nSPS) is 10.2. The second kappa shape index (κ2) is 7.07. The smallest absolute Gasteiger partial charge is 0.265 e. The van der Waals surface area contributed by atoms with E-state index in [9.17, 15) is 4.79 Å². The first-order valence-corrected chi connectivity index (χ1v) is 7.19. The number of hydrogen-bond acceptors (Lipinski definition) is 7. The maximum absolute atomic E-state index is 11.3. The van der Waals surface area contributed by atoms with Crippen LogP contribution < -0.4 is 16.0 Å². The Balaban J connectivity index is 1.81. The average Bonchev–Trinajstić information content (AvgIpc) is 2.96. The summed E-state index contributed by atoms with van der Waals surface area (Å²) >= 11 is 2.94. The molecule has 0 aliphatic carbocycles. The van der Waals surface area contributed by atoms with Gasteiger partial charge in [0.15, 0.2) is 4.34 Å². The number of carbonyl (C=O) groups is 1. The lowest BCUT2D eigenvalue weighted by Crippen LogP contribution is -2.29. The van der Waals surface area contributed by atoms with E-state index >= 15 is 0 Å². The lowest BCUT2D eigenvalue weighted by molar-refractivity contribution is 0.0953. The van der Waals surface area contributed by atoms with Crippen LogP contribution in [0.4, 0.5) is 0 Å². The van der Waals surface area contributed by atoms with Crippen LogP contribution in [0.3, 0.4) is 0 Å². The molecule has 0 saturated carbocycles. The summed E-state index contributed by atoms with van der Waals surface area (Å²) in [7, 11) is 0. The van der Waals surface area contributed by atoms with Gasteiger partial charge in [0.1, 0.15) is 12.1 Å². The number of rotatable bonds is 6. The molecule has 1 aromatic carbocycles. The van der Waals surface area contributed by atoms with Crippen LogP contribution in [0.15, 0.2) is 34.9 Å². The van der Waals surface area contributed by atoms with Crippen molar-refractivity contribution in [2.24, 2.45) is 5.84 Å². The zero-order valence-corrected chi connectivity index (χ0v) is 11.5. The van der Waals surface area contributed by atoms with Crippen LogP contribution in [0.1, 0.15) is 10.4 Å². The maximum Gasteiger partial charge on any atom is 0.265 e. The summed E-state index contributed by atoms with van der Waals surface area (Å²) in [6.07, 6.45) is 1.53. The van der Waals surface area contributed by atoms with Gasteiger partial charge in [0.2, 0.25) is 0 Å². The number of ether oxygens (including phenoxy) is 1. The summed E-state index contributed by atoms with van der Waals surface area (Å²) in [6.45, 7) is 0.526. The zero-order valence-electron chi connectivity index (χ0n) is 9.91. The van der Waals surface area contributed by atoms with Crippen molar-refractivity contribution in [1.29, 1.82) is 0 Å². The highest BCUT2D eigenvalue weighted by atomic mass is 32.2. The molecule has 1 heterocycles. The Morgan fingerprint density at radius 2 is 2.42 bits per heavy atom. The van der Waals surface area contributed by atoms with Crippen molar-refractivity contribution in [3.05, 3.63) is 36.2 Å². The molecule has 2 rings (SSSR count). The first-order chi connectivity index (χ1) is 9.29. The topological polar surface area (TPSA) is 90.1 Å². The summed E-state index contributed by atoms with van der Waals surface area (Å²) in [4.78, 5) is 15.4. The van der Waals surface area contributed by atoms with Crippen molar-refractivity contribution in [2.75, 3.05) is 12.4 Å². The molecular formula is C11H12N4O2S2. The van der Waals surface area contributed by atoms with Gasteiger partial charge in [-0.05, 0) is 29.7 Å². The van der Waals surface area contributed by atoms with Gasteiger partial charge in [-0.15, -0.1) is 0 Å². The lowest BCUT2D eigenvalue weighted by Gasteiger charge is -2.06. The highest BCUT2D eigenvalue weighted by Crippen LogP contribution is 2.19. The van der Waals surface area contributed by atoms with Crippen molar-refractivity contribution in [1.82, 2.24) is 14.8 Å². The van der Waals surface area contributed by atoms with Gasteiger partial charge in [0.25, 0.3) is 5.91 Å². The van der Waals surface area contributed by atoms with Gasteiger partial charge in [-0.3, -0.25) is 10.2 Å². The molecule has 3 N–H and O–H groups in total. The van der Waals surface area contributed by atoms with E-state index in [1.807, 2.05) is 0 Å². The predicted octanol–water partition coefficient (Wildman–Crippen LogP) is 1.31. The Morgan fingerprint density at radius 1 is 1.53 bits per heavy atom. The first-order valence-electron chi connectivity index (χ1n) is 5.43. The molecule has 0 saturated heterocycles. The molecule has 0 unspecified atom stereocenters. The SMILES string of the molecule is NNC(=O)c1cccc(OCCSc2ncns2)c1. The Morgan fingerprint density at radius 3 is 3.16 bits per heavy atom. The highest BCUT2D eigenvalue weighted by Gasteiger charge is 2.04. The van der Waals surface area contributed by atoms with Gasteiger partial charge < -0.3 is 4.74 Å². The maximum atomic E-state index is 11.3. The Hall–Kier alpha value is -1.64. The number of benzene rings is 1. The van der Waals surface area contributed by atoms with Gasteiger partial charge in [0.05, 0.1) is 6.61 Å². The Labute approximate surface area is 118 Å². The van der Waals surface area contributed by atoms with Crippen molar-refractivity contribution >= 4 is 29.2 Å². The zero-order chi connectivity index (χ0) is 13.5. The number of nitrogens with one attached hydrogen (secondary N) is 1. The van der Waals surface area contributed by atoms with Gasteiger partial charge in [-0.1, -0.05) is 17.8 Å². The second-order valence-electron chi connectivity index (χ2n) is 3.41. The highest BCUT2D eigenvalue weighted by molar-refractivity contribution is 8.00. The molecule has 1 amide bonds. The van der Waals surface area contributed by atoms with E-state index in [0.29, 0.717) is 17.9 Å². The Kier molecular flexibility index (Phi) is 5.13. The van der Waals surface area contributed by atoms with E-state index in [0.717, 1.165) is 10.1 Å². The third-order valence-electron chi connectivity index (χ3n) is 2.15. The number of nitrogens with zero attached hydrogens (tertiary/aromatic N) is 2. The number of aromatic nitrogens is 2. The fourth-order valence-electron chi connectivity index (χ4n) is 1.33. The minimum absolute atomic E-state index is 0.339. The van der Waals surface area contributed by atoms with Crippen molar-refractivity contribution in [3.8, 4) is 5.75 Å². The largest absolute Gasteiger partial charge is 0.493 e. The molecule has 0 radical (unpaired) electrons. The van der Waals surface area contributed by atoms with Gasteiger partial charge >= 0.3 is 0 Å². The van der Waals surface area contributed by atoms with Crippen LogP contribution >= 0.6 is 23.3 Å². The van der Waals surface area contributed by atoms with Crippen LogP contribution in [-0.4, -0.2) is 27.6 Å². The molecule has 0 spiro atoms. The molecule has 19 heavy (non-hydrogen) atoms. The number of thioether (sulfide) groups is 1. The van der Waals surface area contributed by atoms with Gasteiger partial charge in [0, 0.05) is 11.3 Å². The molecule has 0 fully saturated rings. The summed E-state index contributed by atoms with van der Waals surface area (Å²) in [5, 5.41) is 0. The lowest BCUT2D eigenvalue weighted by atomic mass is 10.2.